The van der Waals surface area contributed by atoms with Gasteiger partial charge in [-0.1, -0.05) is 176 Å². The molecular weight excluding hydrogens is 745 g/mol. The molecule has 0 saturated carbocycles. The van der Waals surface area contributed by atoms with E-state index in [1.165, 1.54) is 86.5 Å². The molecule has 2 aliphatic rings. The van der Waals surface area contributed by atoms with Crippen LogP contribution in [0.15, 0.2) is 228 Å². The zero-order valence-electron chi connectivity index (χ0n) is 32.6. The molecule has 0 fully saturated rings. The van der Waals surface area contributed by atoms with Crippen LogP contribution in [-0.2, 0) is 5.41 Å². The molecule has 1 atom stereocenters. The van der Waals surface area contributed by atoms with Gasteiger partial charge in [-0.25, -0.2) is 0 Å². The summed E-state index contributed by atoms with van der Waals surface area (Å²) in [5.41, 5.74) is 14.4. The Balaban J connectivity index is 1.10. The summed E-state index contributed by atoms with van der Waals surface area (Å²) in [6, 6.07) is 81.2. The second-order valence-electron chi connectivity index (χ2n) is 16.0. The summed E-state index contributed by atoms with van der Waals surface area (Å²) in [4.78, 5) is 5.04. The first-order valence-corrected chi connectivity index (χ1v) is 21.5. The largest absolute Gasteiger partial charge is 0.310 e. The quantitative estimate of drug-likeness (QED) is 0.176. The first-order valence-electron chi connectivity index (χ1n) is 20.7. The number of aromatic nitrogens is 1. The number of nitrogens with zero attached hydrogens (tertiary/aromatic N) is 2. The van der Waals surface area contributed by atoms with Crippen molar-refractivity contribution in [1.82, 2.24) is 4.57 Å². The molecule has 1 aromatic heterocycles. The van der Waals surface area contributed by atoms with Gasteiger partial charge in [0.05, 0.1) is 22.1 Å². The molecule has 0 radical (unpaired) electrons. The van der Waals surface area contributed by atoms with Gasteiger partial charge < -0.3 is 9.47 Å². The summed E-state index contributed by atoms with van der Waals surface area (Å²) in [5, 5.41) is 7.53. The molecule has 0 amide bonds. The number of fused-ring (bicyclic) bond motifs is 12. The van der Waals surface area contributed by atoms with Gasteiger partial charge >= 0.3 is 0 Å². The maximum absolute atomic E-state index is 2.48. The van der Waals surface area contributed by atoms with Crippen molar-refractivity contribution in [2.75, 3.05) is 4.90 Å². The van der Waals surface area contributed by atoms with Gasteiger partial charge in [-0.3, -0.25) is 0 Å². The van der Waals surface area contributed by atoms with Crippen molar-refractivity contribution in [2.24, 2.45) is 0 Å². The lowest BCUT2D eigenvalue weighted by Gasteiger charge is -2.46. The second kappa shape index (κ2) is 12.8. The lowest BCUT2D eigenvalue weighted by Crippen LogP contribution is -2.36. The summed E-state index contributed by atoms with van der Waals surface area (Å²) < 4.78 is 2.41. The Morgan fingerprint density at radius 2 is 1.00 bits per heavy atom. The number of hydrogen-bond acceptors (Lipinski definition) is 2. The Hall–Kier alpha value is -7.33. The molecule has 1 aliphatic carbocycles. The first-order chi connectivity index (χ1) is 29.8. The Bertz CT molecular complexity index is 3540. The van der Waals surface area contributed by atoms with E-state index in [0.717, 1.165) is 22.7 Å². The van der Waals surface area contributed by atoms with Crippen molar-refractivity contribution < 1.29 is 0 Å². The van der Waals surface area contributed by atoms with Crippen LogP contribution in [-0.4, -0.2) is 4.57 Å². The molecule has 1 aliphatic heterocycles. The molecule has 3 heteroatoms. The zero-order chi connectivity index (χ0) is 39.4. The predicted octanol–water partition coefficient (Wildman–Crippen LogP) is 15.4. The van der Waals surface area contributed by atoms with Gasteiger partial charge in [0.2, 0.25) is 0 Å². The van der Waals surface area contributed by atoms with Gasteiger partial charge in [0.25, 0.3) is 0 Å². The van der Waals surface area contributed by atoms with Crippen LogP contribution in [0.25, 0.3) is 60.2 Å². The Labute approximate surface area is 352 Å². The number of para-hydroxylation sites is 2. The Morgan fingerprint density at radius 3 is 1.92 bits per heavy atom. The molecule has 1 unspecified atom stereocenters. The normalized spacial score (nSPS) is 15.0. The minimum atomic E-state index is -0.500. The topological polar surface area (TPSA) is 8.17 Å². The molecule has 0 bridgehead atoms. The van der Waals surface area contributed by atoms with E-state index in [2.05, 4.69) is 228 Å². The lowest BCUT2D eigenvalue weighted by molar-refractivity contribution is 0.707. The van der Waals surface area contributed by atoms with Gasteiger partial charge in [0.15, 0.2) is 0 Å². The standard InChI is InChI=1S/C57H36N2S/c1-2-19-39(20-3-1)59-52-28-10-7-23-44(52)45-33-31-40(35-53(45)59)58(51-29-14-16-37-15-4-5-21-42(37)51)41-32-34-49-55(36-41)60-54-30-11-9-26-48(54)57(49)47-25-8-6-22-43(47)46-24-12-17-38-18-13-27-50(57)56(38)46/h1-36H. The Morgan fingerprint density at radius 1 is 0.383 bits per heavy atom. The van der Waals surface area contributed by atoms with Crippen LogP contribution in [0.3, 0.4) is 0 Å². The van der Waals surface area contributed by atoms with Crippen LogP contribution in [0.4, 0.5) is 17.1 Å². The minimum absolute atomic E-state index is 0.500. The highest BCUT2D eigenvalue weighted by Gasteiger charge is 2.48. The molecule has 11 aromatic rings. The van der Waals surface area contributed by atoms with E-state index in [1.54, 1.807) is 0 Å². The lowest BCUT2D eigenvalue weighted by atomic mass is 9.59. The number of hydrogen-bond donors (Lipinski definition) is 0. The molecule has 2 heterocycles. The third-order valence-electron chi connectivity index (χ3n) is 13.0. The molecule has 13 rings (SSSR count). The molecule has 2 nitrogen and oxygen atoms in total. The van der Waals surface area contributed by atoms with Gasteiger partial charge in [-0.15, -0.1) is 0 Å². The third kappa shape index (κ3) is 4.61. The van der Waals surface area contributed by atoms with Crippen molar-refractivity contribution >= 4 is 72.2 Å². The monoisotopic (exact) mass is 780 g/mol. The third-order valence-corrected chi connectivity index (χ3v) is 14.1. The van der Waals surface area contributed by atoms with E-state index < -0.39 is 5.41 Å². The van der Waals surface area contributed by atoms with E-state index >= 15 is 0 Å². The first kappa shape index (κ1) is 33.6. The van der Waals surface area contributed by atoms with Crippen LogP contribution in [0.1, 0.15) is 22.3 Å². The zero-order valence-corrected chi connectivity index (χ0v) is 33.4. The molecule has 60 heavy (non-hydrogen) atoms. The van der Waals surface area contributed by atoms with Crippen LogP contribution < -0.4 is 4.90 Å². The van der Waals surface area contributed by atoms with Gasteiger partial charge in [0, 0.05) is 43.0 Å². The van der Waals surface area contributed by atoms with Crippen LogP contribution in [0.5, 0.6) is 0 Å². The van der Waals surface area contributed by atoms with E-state index in [9.17, 15) is 0 Å². The summed E-state index contributed by atoms with van der Waals surface area (Å²) >= 11 is 1.90. The van der Waals surface area contributed by atoms with E-state index in [1.807, 2.05) is 11.8 Å². The minimum Gasteiger partial charge on any atom is -0.310 e. The molecule has 280 valence electrons. The summed E-state index contributed by atoms with van der Waals surface area (Å²) in [7, 11) is 0. The van der Waals surface area contributed by atoms with Crippen molar-refractivity contribution in [2.45, 2.75) is 15.2 Å². The average molecular weight is 781 g/mol. The fraction of sp³-hybridized carbons (Fsp3) is 0.0175. The van der Waals surface area contributed by atoms with Crippen LogP contribution >= 0.6 is 11.8 Å². The van der Waals surface area contributed by atoms with Crippen molar-refractivity contribution in [3.8, 4) is 16.8 Å². The molecular formula is C57H36N2S. The van der Waals surface area contributed by atoms with Crippen LogP contribution in [0.2, 0.25) is 0 Å². The van der Waals surface area contributed by atoms with E-state index in [-0.39, 0.29) is 0 Å². The highest BCUT2D eigenvalue weighted by molar-refractivity contribution is 7.99. The van der Waals surface area contributed by atoms with Gasteiger partial charge in [-0.2, -0.15) is 0 Å². The highest BCUT2D eigenvalue weighted by Crippen LogP contribution is 2.62. The predicted molar refractivity (Wildman–Crippen MR) is 252 cm³/mol. The van der Waals surface area contributed by atoms with E-state index in [4.69, 9.17) is 0 Å². The van der Waals surface area contributed by atoms with Crippen molar-refractivity contribution in [3.05, 3.63) is 241 Å². The molecule has 10 aromatic carbocycles. The number of benzene rings is 10. The highest BCUT2D eigenvalue weighted by atomic mass is 32.2. The van der Waals surface area contributed by atoms with Crippen molar-refractivity contribution in [3.63, 3.8) is 0 Å². The molecule has 0 saturated heterocycles. The van der Waals surface area contributed by atoms with E-state index in [0.29, 0.717) is 0 Å². The van der Waals surface area contributed by atoms with Gasteiger partial charge in [-0.05, 0) is 104 Å². The number of rotatable bonds is 4. The second-order valence-corrected chi connectivity index (χ2v) is 17.1. The fourth-order valence-corrected chi connectivity index (χ4v) is 11.8. The van der Waals surface area contributed by atoms with Crippen molar-refractivity contribution in [1.29, 1.82) is 0 Å². The fourth-order valence-electron chi connectivity index (χ4n) is 10.6. The van der Waals surface area contributed by atoms with Gasteiger partial charge in [0.1, 0.15) is 0 Å². The SMILES string of the molecule is c1ccc(-n2c3ccccc3c3ccc(N(c4ccc5c(c4)Sc4ccccc4C54c5ccccc5-c5cccc6cccc4c56)c4cccc5ccccc45)cc32)cc1. The number of anilines is 3. The average Bonchev–Trinajstić information content (AvgIpc) is 3.64. The summed E-state index contributed by atoms with van der Waals surface area (Å²) in [5.74, 6) is 0. The molecule has 0 N–H and O–H groups in total. The molecule has 1 spiro atoms. The summed E-state index contributed by atoms with van der Waals surface area (Å²) in [6.07, 6.45) is 0. The Kier molecular flexibility index (Phi) is 7.19. The smallest absolute Gasteiger partial charge is 0.0735 e. The van der Waals surface area contributed by atoms with Crippen LogP contribution in [0, 0.1) is 0 Å². The maximum atomic E-state index is 2.48. The maximum Gasteiger partial charge on any atom is 0.0735 e. The summed E-state index contributed by atoms with van der Waals surface area (Å²) in [6.45, 7) is 0.